The molecule has 0 unspecified atom stereocenters. The fraction of sp³-hybridized carbons (Fsp3) is 0.0645. The van der Waals surface area contributed by atoms with Crippen LogP contribution in [0.5, 0.6) is 11.5 Å². The maximum absolute atomic E-state index is 13.7. The van der Waals surface area contributed by atoms with Crippen LogP contribution in [0.25, 0.3) is 33.5 Å². The van der Waals surface area contributed by atoms with Crippen molar-refractivity contribution in [1.29, 1.82) is 0 Å². The van der Waals surface area contributed by atoms with Crippen molar-refractivity contribution in [3.05, 3.63) is 122 Å². The van der Waals surface area contributed by atoms with Crippen LogP contribution >= 0.6 is 27.5 Å². The smallest absolute Gasteiger partial charge is 0.282 e. The molecule has 0 saturated heterocycles. The Hall–Kier alpha value is -4.47. The van der Waals surface area contributed by atoms with Gasteiger partial charge in [-0.05, 0) is 76.1 Å². The zero-order valence-electron chi connectivity index (χ0n) is 21.5. The molecule has 7 nitrogen and oxygen atoms in total. The van der Waals surface area contributed by atoms with Crippen molar-refractivity contribution in [2.75, 3.05) is 7.11 Å². The Morgan fingerprint density at radius 1 is 1.05 bits per heavy atom. The minimum absolute atomic E-state index is 0.0996. The van der Waals surface area contributed by atoms with E-state index >= 15 is 0 Å². The lowest BCUT2D eigenvalue weighted by Crippen LogP contribution is -2.20. The van der Waals surface area contributed by atoms with Crippen LogP contribution < -0.4 is 15.0 Å². The van der Waals surface area contributed by atoms with Crippen LogP contribution in [-0.4, -0.2) is 23.0 Å². The van der Waals surface area contributed by atoms with Gasteiger partial charge >= 0.3 is 0 Å². The molecule has 0 amide bonds. The predicted octanol–water partition coefficient (Wildman–Crippen LogP) is 7.83. The molecule has 0 atom stereocenters. The minimum Gasteiger partial charge on any atom is -0.496 e. The molecule has 2 aromatic heterocycles. The summed E-state index contributed by atoms with van der Waals surface area (Å²) < 4.78 is 33.0. The number of para-hydroxylation sites is 1. The molecule has 0 aliphatic rings. The third-order valence-corrected chi connectivity index (χ3v) is 7.14. The minimum atomic E-state index is -0.391. The Kier molecular flexibility index (Phi) is 7.30. The van der Waals surface area contributed by atoms with Gasteiger partial charge in [0, 0.05) is 10.6 Å². The van der Waals surface area contributed by atoms with Gasteiger partial charge in [-0.1, -0.05) is 41.9 Å². The number of methoxy groups -OCH3 is 1. The second-order valence-corrected chi connectivity index (χ2v) is 10.3. The monoisotopic (exact) mass is 631 g/mol. The molecule has 0 radical (unpaired) electrons. The van der Waals surface area contributed by atoms with Crippen molar-refractivity contribution in [2.45, 2.75) is 6.61 Å². The highest BCUT2D eigenvalue weighted by Crippen LogP contribution is 2.34. The first-order valence-corrected chi connectivity index (χ1v) is 13.6. The van der Waals surface area contributed by atoms with E-state index < -0.39 is 5.56 Å². The lowest BCUT2D eigenvalue weighted by molar-refractivity contribution is 0.303. The first-order chi connectivity index (χ1) is 19.9. The summed E-state index contributed by atoms with van der Waals surface area (Å²) in [5.74, 6) is 1.21. The Morgan fingerprint density at radius 3 is 2.71 bits per heavy atom. The van der Waals surface area contributed by atoms with E-state index in [0.29, 0.717) is 54.4 Å². The highest BCUT2D eigenvalue weighted by atomic mass is 79.9. The number of hydrogen-bond acceptors (Lipinski definition) is 6. The summed E-state index contributed by atoms with van der Waals surface area (Å²) in [6, 6.07) is 23.7. The molecule has 0 N–H and O–H groups in total. The first-order valence-electron chi connectivity index (χ1n) is 12.4. The van der Waals surface area contributed by atoms with Gasteiger partial charge in [0.25, 0.3) is 5.56 Å². The molecule has 10 heteroatoms. The largest absolute Gasteiger partial charge is 0.496 e. The first kappa shape index (κ1) is 26.7. The van der Waals surface area contributed by atoms with Gasteiger partial charge in [-0.2, -0.15) is 9.78 Å². The van der Waals surface area contributed by atoms with E-state index in [1.807, 2.05) is 12.1 Å². The second-order valence-electron chi connectivity index (χ2n) is 9.02. The second kappa shape index (κ2) is 11.2. The summed E-state index contributed by atoms with van der Waals surface area (Å²) in [5.41, 5.74) is 1.81. The molecular formula is C31H20BrClFN3O4. The maximum atomic E-state index is 13.7. The number of halogens is 3. The van der Waals surface area contributed by atoms with Gasteiger partial charge in [-0.15, -0.1) is 0 Å². The van der Waals surface area contributed by atoms with E-state index in [9.17, 15) is 9.18 Å². The average Bonchev–Trinajstić information content (AvgIpc) is 3.40. The SMILES string of the molecule is COc1cccc2oc(-c3nc4ccccc4c(=O)n3N=Cc3cc(Cl)cc(Br)c3OCc3cccc(F)c3)cc12. The van der Waals surface area contributed by atoms with Gasteiger partial charge in [0.15, 0.2) is 5.76 Å². The Bertz CT molecular complexity index is 2020. The number of nitrogens with zero attached hydrogens (tertiary/aromatic N) is 3. The molecule has 2 heterocycles. The average molecular weight is 633 g/mol. The zero-order chi connectivity index (χ0) is 28.5. The van der Waals surface area contributed by atoms with Gasteiger partial charge in [-0.3, -0.25) is 4.79 Å². The van der Waals surface area contributed by atoms with E-state index in [-0.39, 0.29) is 18.2 Å². The molecule has 0 fully saturated rings. The van der Waals surface area contributed by atoms with Crippen molar-refractivity contribution >= 4 is 55.6 Å². The van der Waals surface area contributed by atoms with E-state index in [1.165, 1.54) is 23.0 Å². The third-order valence-electron chi connectivity index (χ3n) is 6.34. The summed E-state index contributed by atoms with van der Waals surface area (Å²) in [4.78, 5) is 18.4. The van der Waals surface area contributed by atoms with Gasteiger partial charge in [0.1, 0.15) is 29.5 Å². The summed E-state index contributed by atoms with van der Waals surface area (Å²) in [6.07, 6.45) is 1.46. The van der Waals surface area contributed by atoms with Crippen molar-refractivity contribution < 1.29 is 18.3 Å². The predicted molar refractivity (Wildman–Crippen MR) is 161 cm³/mol. The molecule has 4 aromatic carbocycles. The van der Waals surface area contributed by atoms with Crippen molar-refractivity contribution in [2.24, 2.45) is 5.10 Å². The lowest BCUT2D eigenvalue weighted by atomic mass is 10.2. The standard InChI is InChI=1S/C31H20BrClFN3O4/c1-39-26-10-5-11-27-23(26)15-28(41-27)30-36-25-9-3-2-8-22(25)31(38)37(30)35-16-19-13-20(33)14-24(32)29(19)40-17-18-6-4-7-21(34)12-18/h2-16H,17H2,1H3. The molecule has 0 aliphatic heterocycles. The number of hydrogen-bond donors (Lipinski definition) is 0. The number of rotatable bonds is 7. The summed E-state index contributed by atoms with van der Waals surface area (Å²) in [5, 5.41) is 6.07. The molecule has 204 valence electrons. The summed E-state index contributed by atoms with van der Waals surface area (Å²) in [6.45, 7) is 0.0996. The molecule has 0 aliphatic carbocycles. The van der Waals surface area contributed by atoms with E-state index in [2.05, 4.69) is 21.0 Å². The van der Waals surface area contributed by atoms with Crippen LogP contribution in [0.4, 0.5) is 4.39 Å². The van der Waals surface area contributed by atoms with Crippen LogP contribution in [0.1, 0.15) is 11.1 Å². The highest BCUT2D eigenvalue weighted by Gasteiger charge is 2.18. The number of ether oxygens (including phenoxy) is 2. The normalized spacial score (nSPS) is 11.5. The van der Waals surface area contributed by atoms with E-state index in [0.717, 1.165) is 5.39 Å². The van der Waals surface area contributed by atoms with Crippen molar-refractivity contribution in [3.8, 4) is 23.1 Å². The topological polar surface area (TPSA) is 78.9 Å². The maximum Gasteiger partial charge on any atom is 0.282 e. The van der Waals surface area contributed by atoms with Crippen molar-refractivity contribution in [1.82, 2.24) is 9.66 Å². The highest BCUT2D eigenvalue weighted by molar-refractivity contribution is 9.10. The molecule has 6 rings (SSSR count). The zero-order valence-corrected chi connectivity index (χ0v) is 23.8. The quantitative estimate of drug-likeness (QED) is 0.168. The Balaban J connectivity index is 1.47. The van der Waals surface area contributed by atoms with Crippen LogP contribution in [0.15, 0.2) is 104 Å². The molecular weight excluding hydrogens is 613 g/mol. The van der Waals surface area contributed by atoms with Gasteiger partial charge in [0.2, 0.25) is 5.82 Å². The van der Waals surface area contributed by atoms with Crippen LogP contribution in [-0.2, 0) is 6.61 Å². The Morgan fingerprint density at radius 2 is 1.88 bits per heavy atom. The number of furan rings is 1. The van der Waals surface area contributed by atoms with Gasteiger partial charge < -0.3 is 13.9 Å². The van der Waals surface area contributed by atoms with Crippen LogP contribution in [0, 0.1) is 5.82 Å². The molecule has 0 bridgehead atoms. The van der Waals surface area contributed by atoms with Gasteiger partial charge in [-0.25, -0.2) is 9.37 Å². The Labute approximate surface area is 246 Å². The van der Waals surface area contributed by atoms with Crippen LogP contribution in [0.3, 0.4) is 0 Å². The van der Waals surface area contributed by atoms with Gasteiger partial charge in [0.05, 0.1) is 34.1 Å². The third kappa shape index (κ3) is 5.33. The fourth-order valence-corrected chi connectivity index (χ4v) is 5.39. The van der Waals surface area contributed by atoms with E-state index in [1.54, 1.807) is 67.8 Å². The molecule has 6 aromatic rings. The van der Waals surface area contributed by atoms with Crippen LogP contribution in [0.2, 0.25) is 5.02 Å². The van der Waals surface area contributed by atoms with E-state index in [4.69, 9.17) is 30.5 Å². The summed E-state index contributed by atoms with van der Waals surface area (Å²) in [7, 11) is 1.58. The fourth-order valence-electron chi connectivity index (χ4n) is 4.44. The number of benzene rings is 4. The summed E-state index contributed by atoms with van der Waals surface area (Å²) >= 11 is 9.84. The van der Waals surface area contributed by atoms with Crippen molar-refractivity contribution in [3.63, 3.8) is 0 Å². The molecule has 0 saturated carbocycles. The molecule has 0 spiro atoms. The molecule has 41 heavy (non-hydrogen) atoms. The number of fused-ring (bicyclic) bond motifs is 2. The number of aromatic nitrogens is 2. The lowest BCUT2D eigenvalue weighted by Gasteiger charge is -2.12.